The predicted molar refractivity (Wildman–Crippen MR) is 44.6 cm³/mol. The average molecular weight is 168 g/mol. The summed E-state index contributed by atoms with van der Waals surface area (Å²) in [6.45, 7) is 3.24. The largest absolute Gasteiger partial charge is 0.352 e. The minimum Gasteiger partial charge on any atom is -0.352 e. The van der Waals surface area contributed by atoms with Gasteiger partial charge in [-0.05, 0) is 24.7 Å². The van der Waals surface area contributed by atoms with Gasteiger partial charge in [0.1, 0.15) is 0 Å². The van der Waals surface area contributed by atoms with Gasteiger partial charge in [-0.25, -0.2) is 0 Å². The zero-order valence-electron chi connectivity index (χ0n) is 7.53. The Labute approximate surface area is 73.2 Å². The van der Waals surface area contributed by atoms with Crippen molar-refractivity contribution in [2.24, 2.45) is 17.8 Å². The van der Waals surface area contributed by atoms with Crippen LogP contribution in [0, 0.1) is 17.8 Å². The Morgan fingerprint density at radius 2 is 2.25 bits per heavy atom. The number of hydrogen-bond donors (Lipinski definition) is 0. The van der Waals surface area contributed by atoms with Crippen molar-refractivity contribution in [3.8, 4) is 0 Å². The third-order valence-electron chi connectivity index (χ3n) is 3.90. The summed E-state index contributed by atoms with van der Waals surface area (Å²) in [5, 5.41) is 0. The van der Waals surface area contributed by atoms with E-state index in [-0.39, 0.29) is 6.29 Å². The molecule has 12 heavy (non-hydrogen) atoms. The molecule has 3 rings (SSSR count). The first kappa shape index (κ1) is 7.34. The normalized spacial score (nSPS) is 56.2. The van der Waals surface area contributed by atoms with Crippen molar-refractivity contribution < 1.29 is 9.47 Å². The second-order valence-corrected chi connectivity index (χ2v) is 4.44. The first-order valence-electron chi connectivity index (χ1n) is 5.15. The molecule has 0 spiro atoms. The molecule has 5 atom stereocenters. The van der Waals surface area contributed by atoms with Crippen LogP contribution in [0.3, 0.4) is 0 Å². The van der Waals surface area contributed by atoms with E-state index in [0.29, 0.717) is 6.10 Å². The number of rotatable bonds is 1. The summed E-state index contributed by atoms with van der Waals surface area (Å²) in [6, 6.07) is 0. The van der Waals surface area contributed by atoms with Crippen LogP contribution in [0.25, 0.3) is 0 Å². The van der Waals surface area contributed by atoms with Crippen LogP contribution in [0.5, 0.6) is 0 Å². The molecule has 2 heteroatoms. The van der Waals surface area contributed by atoms with Crippen molar-refractivity contribution in [3.63, 3.8) is 0 Å². The van der Waals surface area contributed by atoms with E-state index in [2.05, 4.69) is 6.92 Å². The zero-order valence-corrected chi connectivity index (χ0v) is 7.53. The van der Waals surface area contributed by atoms with Crippen LogP contribution in [0.2, 0.25) is 0 Å². The van der Waals surface area contributed by atoms with Crippen LogP contribution in [0.1, 0.15) is 26.2 Å². The van der Waals surface area contributed by atoms with Gasteiger partial charge >= 0.3 is 0 Å². The molecular formula is C10H16O2. The summed E-state index contributed by atoms with van der Waals surface area (Å²) < 4.78 is 11.4. The third-order valence-corrected chi connectivity index (χ3v) is 3.90. The van der Waals surface area contributed by atoms with Crippen LogP contribution in [0.15, 0.2) is 0 Å². The predicted octanol–water partition coefficient (Wildman–Crippen LogP) is 1.79. The Morgan fingerprint density at radius 3 is 3.08 bits per heavy atom. The summed E-state index contributed by atoms with van der Waals surface area (Å²) in [5.74, 6) is 2.39. The molecule has 2 nitrogen and oxygen atoms in total. The van der Waals surface area contributed by atoms with E-state index in [1.54, 1.807) is 0 Å². The molecular weight excluding hydrogens is 152 g/mol. The highest BCUT2D eigenvalue weighted by Gasteiger charge is 2.52. The standard InChI is InChI=1S/C10H16O2/c1-2-6-3-7-5-11-10-8(7)4-9(6)12-10/h6-10H,2-5H2,1H3/t6?,7-,8-,9?,10-/m1/s1. The molecule has 0 aromatic rings. The highest BCUT2D eigenvalue weighted by molar-refractivity contribution is 4.95. The lowest BCUT2D eigenvalue weighted by molar-refractivity contribution is -0.133. The molecule has 2 bridgehead atoms. The van der Waals surface area contributed by atoms with Gasteiger partial charge in [-0.2, -0.15) is 0 Å². The SMILES string of the molecule is CCC1C[C@@H]2CO[C@@H]3OC1C[C@H]23. The van der Waals surface area contributed by atoms with Gasteiger partial charge in [-0.15, -0.1) is 0 Å². The molecule has 0 aromatic heterocycles. The Morgan fingerprint density at radius 1 is 1.33 bits per heavy atom. The lowest BCUT2D eigenvalue weighted by atomic mass is 9.75. The van der Waals surface area contributed by atoms with E-state index < -0.39 is 0 Å². The smallest absolute Gasteiger partial charge is 0.161 e. The van der Waals surface area contributed by atoms with Gasteiger partial charge in [0, 0.05) is 5.92 Å². The first-order chi connectivity index (χ1) is 5.88. The fourth-order valence-electron chi connectivity index (χ4n) is 3.14. The van der Waals surface area contributed by atoms with Crippen molar-refractivity contribution in [1.29, 1.82) is 0 Å². The molecule has 68 valence electrons. The number of fused-ring (bicyclic) bond motifs is 1. The fourth-order valence-corrected chi connectivity index (χ4v) is 3.14. The summed E-state index contributed by atoms with van der Waals surface area (Å²) in [5.41, 5.74) is 0. The molecule has 0 radical (unpaired) electrons. The summed E-state index contributed by atoms with van der Waals surface area (Å²) in [6.07, 6.45) is 4.61. The van der Waals surface area contributed by atoms with Crippen LogP contribution in [0.4, 0.5) is 0 Å². The van der Waals surface area contributed by atoms with E-state index in [0.717, 1.165) is 24.4 Å². The highest BCUT2D eigenvalue weighted by Crippen LogP contribution is 2.49. The third kappa shape index (κ3) is 0.826. The average Bonchev–Trinajstić information content (AvgIpc) is 2.57. The molecule has 0 aromatic carbocycles. The van der Waals surface area contributed by atoms with Gasteiger partial charge in [-0.3, -0.25) is 0 Å². The highest BCUT2D eigenvalue weighted by atomic mass is 16.7. The van der Waals surface area contributed by atoms with Crippen molar-refractivity contribution in [3.05, 3.63) is 0 Å². The van der Waals surface area contributed by atoms with E-state index in [1.807, 2.05) is 0 Å². The Kier molecular flexibility index (Phi) is 1.50. The van der Waals surface area contributed by atoms with Crippen molar-refractivity contribution in [1.82, 2.24) is 0 Å². The summed E-state index contributed by atoms with van der Waals surface area (Å²) in [7, 11) is 0. The lowest BCUT2D eigenvalue weighted by Gasteiger charge is -2.30. The van der Waals surface area contributed by atoms with E-state index >= 15 is 0 Å². The monoisotopic (exact) mass is 168 g/mol. The lowest BCUT2D eigenvalue weighted by Crippen LogP contribution is -2.29. The van der Waals surface area contributed by atoms with E-state index in [4.69, 9.17) is 9.47 Å². The second kappa shape index (κ2) is 2.46. The molecule has 1 aliphatic carbocycles. The topological polar surface area (TPSA) is 18.5 Å². The maximum absolute atomic E-state index is 5.86. The molecule has 1 saturated carbocycles. The summed E-state index contributed by atoms with van der Waals surface area (Å²) >= 11 is 0. The first-order valence-corrected chi connectivity index (χ1v) is 5.15. The molecule has 3 fully saturated rings. The van der Waals surface area contributed by atoms with Gasteiger partial charge in [0.15, 0.2) is 6.29 Å². The van der Waals surface area contributed by atoms with E-state index in [9.17, 15) is 0 Å². The van der Waals surface area contributed by atoms with Gasteiger partial charge in [0.2, 0.25) is 0 Å². The van der Waals surface area contributed by atoms with Crippen LogP contribution in [-0.4, -0.2) is 19.0 Å². The minimum atomic E-state index is 0.177. The molecule has 2 heterocycles. The van der Waals surface area contributed by atoms with Crippen molar-refractivity contribution >= 4 is 0 Å². The second-order valence-electron chi connectivity index (χ2n) is 4.44. The Balaban J connectivity index is 1.85. The molecule has 2 unspecified atom stereocenters. The van der Waals surface area contributed by atoms with Crippen LogP contribution >= 0.6 is 0 Å². The number of ether oxygens (including phenoxy) is 2. The van der Waals surface area contributed by atoms with Gasteiger partial charge in [0.05, 0.1) is 12.7 Å². The molecule has 2 saturated heterocycles. The molecule has 3 aliphatic rings. The Hall–Kier alpha value is -0.0800. The minimum absolute atomic E-state index is 0.177. The molecule has 0 amide bonds. The van der Waals surface area contributed by atoms with Gasteiger partial charge in [0.25, 0.3) is 0 Å². The Bertz CT molecular complexity index is 190. The van der Waals surface area contributed by atoms with Crippen molar-refractivity contribution in [2.75, 3.05) is 6.61 Å². The van der Waals surface area contributed by atoms with Gasteiger partial charge < -0.3 is 9.47 Å². The zero-order chi connectivity index (χ0) is 8.13. The molecule has 2 aliphatic heterocycles. The molecule has 0 N–H and O–H groups in total. The van der Waals surface area contributed by atoms with Crippen LogP contribution in [-0.2, 0) is 9.47 Å². The maximum Gasteiger partial charge on any atom is 0.161 e. The van der Waals surface area contributed by atoms with Crippen molar-refractivity contribution in [2.45, 2.75) is 38.6 Å². The summed E-state index contributed by atoms with van der Waals surface area (Å²) in [4.78, 5) is 0. The van der Waals surface area contributed by atoms with Crippen LogP contribution < -0.4 is 0 Å². The van der Waals surface area contributed by atoms with Gasteiger partial charge in [-0.1, -0.05) is 13.3 Å². The quantitative estimate of drug-likeness (QED) is 0.594. The van der Waals surface area contributed by atoms with E-state index in [1.165, 1.54) is 19.3 Å². The number of hydrogen-bond acceptors (Lipinski definition) is 2. The maximum atomic E-state index is 5.86. The fraction of sp³-hybridized carbons (Fsp3) is 1.00.